The number of benzene rings is 2. The van der Waals surface area contributed by atoms with Gasteiger partial charge in [-0.25, -0.2) is 4.39 Å². The lowest BCUT2D eigenvalue weighted by atomic mass is 10.1. The lowest BCUT2D eigenvalue weighted by molar-refractivity contribution is -0.142. The zero-order valence-corrected chi connectivity index (χ0v) is 19.6. The second-order valence-electron chi connectivity index (χ2n) is 8.72. The number of carbonyl (C=O) groups excluding carboxylic acids is 2. The average molecular weight is 449 g/mol. The maximum atomic E-state index is 13.3. The van der Waals surface area contributed by atoms with E-state index >= 15 is 0 Å². The van der Waals surface area contributed by atoms with Gasteiger partial charge in [0.1, 0.15) is 17.6 Å². The van der Waals surface area contributed by atoms with E-state index in [1.54, 1.807) is 31.2 Å². The number of nitrogens with zero attached hydrogens (tertiary/aromatic N) is 1. The molecule has 168 valence electrons. The summed E-state index contributed by atoms with van der Waals surface area (Å²) in [6.07, 6.45) is 0. The molecule has 2 amide bonds. The van der Waals surface area contributed by atoms with Crippen LogP contribution in [0, 0.1) is 19.7 Å². The van der Waals surface area contributed by atoms with Crippen molar-refractivity contribution in [1.82, 2.24) is 10.2 Å². The van der Waals surface area contributed by atoms with E-state index in [0.29, 0.717) is 16.3 Å². The molecule has 2 aromatic carbocycles. The lowest BCUT2D eigenvalue weighted by Crippen LogP contribution is -2.53. The van der Waals surface area contributed by atoms with Gasteiger partial charge in [-0.05, 0) is 82.5 Å². The molecular formula is C24H30ClFN2O3. The fourth-order valence-corrected chi connectivity index (χ4v) is 3.17. The zero-order chi connectivity index (χ0) is 23.3. The van der Waals surface area contributed by atoms with Crippen LogP contribution in [-0.4, -0.2) is 34.9 Å². The monoisotopic (exact) mass is 448 g/mol. The lowest BCUT2D eigenvalue weighted by Gasteiger charge is -2.31. The Hall–Kier alpha value is -2.60. The Kier molecular flexibility index (Phi) is 8.07. The van der Waals surface area contributed by atoms with Crippen LogP contribution in [0.5, 0.6) is 5.75 Å². The highest BCUT2D eigenvalue weighted by Gasteiger charge is 2.28. The van der Waals surface area contributed by atoms with Gasteiger partial charge in [0, 0.05) is 17.1 Å². The van der Waals surface area contributed by atoms with E-state index in [-0.39, 0.29) is 30.8 Å². The summed E-state index contributed by atoms with van der Waals surface area (Å²) in [7, 11) is 0. The average Bonchev–Trinajstić information content (AvgIpc) is 2.67. The van der Waals surface area contributed by atoms with Crippen molar-refractivity contribution in [3.05, 3.63) is 63.9 Å². The van der Waals surface area contributed by atoms with Crippen LogP contribution in [0.15, 0.2) is 36.4 Å². The van der Waals surface area contributed by atoms with Crippen LogP contribution >= 0.6 is 11.6 Å². The molecule has 0 aromatic heterocycles. The van der Waals surface area contributed by atoms with Crippen LogP contribution in [0.3, 0.4) is 0 Å². The minimum absolute atomic E-state index is 0.153. The highest BCUT2D eigenvalue weighted by atomic mass is 35.5. The number of hydrogen-bond donors (Lipinski definition) is 1. The highest BCUT2D eigenvalue weighted by Crippen LogP contribution is 2.26. The third-order valence-corrected chi connectivity index (χ3v) is 5.30. The number of ether oxygens (including phenoxy) is 1. The molecule has 0 unspecified atom stereocenters. The SMILES string of the molecule is Cc1cc(OCC(=O)N(Cc2ccc(F)cc2)[C@H](C)C(=O)NC(C)(C)C)cc(C)c1Cl. The van der Waals surface area contributed by atoms with Crippen molar-refractivity contribution in [2.24, 2.45) is 0 Å². The fourth-order valence-electron chi connectivity index (χ4n) is 3.06. The quantitative estimate of drug-likeness (QED) is 0.661. The molecule has 0 heterocycles. The highest BCUT2D eigenvalue weighted by molar-refractivity contribution is 6.32. The van der Waals surface area contributed by atoms with E-state index in [1.807, 2.05) is 34.6 Å². The molecule has 7 heteroatoms. The maximum absolute atomic E-state index is 13.3. The molecule has 0 fully saturated rings. The number of halogens is 2. The number of rotatable bonds is 7. The number of aryl methyl sites for hydroxylation is 2. The minimum atomic E-state index is -0.742. The van der Waals surface area contributed by atoms with Gasteiger partial charge < -0.3 is 15.0 Å². The van der Waals surface area contributed by atoms with E-state index < -0.39 is 11.6 Å². The Bertz CT molecular complexity index is 916. The number of carbonyl (C=O) groups is 2. The van der Waals surface area contributed by atoms with Crippen LogP contribution in [0.4, 0.5) is 4.39 Å². The van der Waals surface area contributed by atoms with Crippen LogP contribution in [0.2, 0.25) is 5.02 Å². The second kappa shape index (κ2) is 10.1. The molecule has 0 spiro atoms. The van der Waals surface area contributed by atoms with E-state index in [2.05, 4.69) is 5.32 Å². The van der Waals surface area contributed by atoms with Gasteiger partial charge in [0.2, 0.25) is 5.91 Å². The smallest absolute Gasteiger partial charge is 0.261 e. The van der Waals surface area contributed by atoms with Crippen molar-refractivity contribution in [1.29, 1.82) is 0 Å². The van der Waals surface area contributed by atoms with Gasteiger partial charge in [-0.3, -0.25) is 9.59 Å². The molecule has 31 heavy (non-hydrogen) atoms. The minimum Gasteiger partial charge on any atom is -0.484 e. The van der Waals surface area contributed by atoms with Crippen LogP contribution in [0.25, 0.3) is 0 Å². The summed E-state index contributed by atoms with van der Waals surface area (Å²) in [6, 6.07) is 8.63. The third-order valence-electron chi connectivity index (χ3n) is 4.70. The van der Waals surface area contributed by atoms with E-state index in [9.17, 15) is 14.0 Å². The largest absolute Gasteiger partial charge is 0.484 e. The van der Waals surface area contributed by atoms with Crippen LogP contribution < -0.4 is 10.1 Å². The molecule has 0 radical (unpaired) electrons. The third kappa shape index (κ3) is 7.24. The van der Waals surface area contributed by atoms with Crippen LogP contribution in [0.1, 0.15) is 44.4 Å². The second-order valence-corrected chi connectivity index (χ2v) is 9.10. The molecule has 1 N–H and O–H groups in total. The Morgan fingerprint density at radius 2 is 1.68 bits per heavy atom. The summed E-state index contributed by atoms with van der Waals surface area (Å²) in [5, 5.41) is 3.55. The van der Waals surface area contributed by atoms with Crippen molar-refractivity contribution in [3.8, 4) is 5.75 Å². The topological polar surface area (TPSA) is 58.6 Å². The molecule has 2 rings (SSSR count). The Morgan fingerprint density at radius 1 is 1.13 bits per heavy atom. The Labute approximate surface area is 188 Å². The molecule has 0 saturated heterocycles. The molecular weight excluding hydrogens is 419 g/mol. The van der Waals surface area contributed by atoms with Gasteiger partial charge in [-0.2, -0.15) is 0 Å². The normalized spacial score (nSPS) is 12.3. The Morgan fingerprint density at radius 3 is 2.19 bits per heavy atom. The van der Waals surface area contributed by atoms with Gasteiger partial charge in [-0.1, -0.05) is 23.7 Å². The first kappa shape index (κ1) is 24.7. The van der Waals surface area contributed by atoms with Gasteiger partial charge >= 0.3 is 0 Å². The predicted octanol–water partition coefficient (Wildman–Crippen LogP) is 4.81. The molecule has 2 aromatic rings. The van der Waals surface area contributed by atoms with Crippen LogP contribution in [-0.2, 0) is 16.1 Å². The summed E-state index contributed by atoms with van der Waals surface area (Å²) in [4.78, 5) is 27.2. The first-order valence-corrected chi connectivity index (χ1v) is 10.5. The summed E-state index contributed by atoms with van der Waals surface area (Å²) in [5.74, 6) is -0.467. The zero-order valence-electron chi connectivity index (χ0n) is 18.9. The molecule has 0 bridgehead atoms. The maximum Gasteiger partial charge on any atom is 0.261 e. The Balaban J connectivity index is 2.20. The molecule has 0 aliphatic carbocycles. The molecule has 1 atom stereocenters. The first-order chi connectivity index (χ1) is 14.4. The van der Waals surface area contributed by atoms with Gasteiger partial charge in [0.05, 0.1) is 0 Å². The fraction of sp³-hybridized carbons (Fsp3) is 0.417. The summed E-state index contributed by atoms with van der Waals surface area (Å²) >= 11 is 6.19. The van der Waals surface area contributed by atoms with E-state index in [1.165, 1.54) is 17.0 Å². The first-order valence-electron chi connectivity index (χ1n) is 10.1. The van der Waals surface area contributed by atoms with Crippen molar-refractivity contribution >= 4 is 23.4 Å². The molecule has 0 aliphatic heterocycles. The van der Waals surface area contributed by atoms with Crippen molar-refractivity contribution in [2.75, 3.05) is 6.61 Å². The molecule has 5 nitrogen and oxygen atoms in total. The number of hydrogen-bond acceptors (Lipinski definition) is 3. The van der Waals surface area contributed by atoms with Crippen molar-refractivity contribution in [3.63, 3.8) is 0 Å². The van der Waals surface area contributed by atoms with Gasteiger partial charge in [0.25, 0.3) is 5.91 Å². The summed E-state index contributed by atoms with van der Waals surface area (Å²) in [5.41, 5.74) is 1.98. The van der Waals surface area contributed by atoms with Gasteiger partial charge in [0.15, 0.2) is 6.61 Å². The summed E-state index contributed by atoms with van der Waals surface area (Å²) in [6.45, 7) is 10.9. The van der Waals surface area contributed by atoms with E-state index in [0.717, 1.165) is 11.1 Å². The summed E-state index contributed by atoms with van der Waals surface area (Å²) < 4.78 is 19.0. The van der Waals surface area contributed by atoms with Crippen molar-refractivity contribution < 1.29 is 18.7 Å². The molecule has 0 saturated carbocycles. The van der Waals surface area contributed by atoms with Crippen molar-refractivity contribution in [2.45, 2.75) is 59.7 Å². The van der Waals surface area contributed by atoms with E-state index in [4.69, 9.17) is 16.3 Å². The standard InChI is InChI=1S/C24H30ClFN2O3/c1-15-11-20(12-16(2)22(15)25)31-14-21(29)28(13-18-7-9-19(26)10-8-18)17(3)23(30)27-24(4,5)6/h7-12,17H,13-14H2,1-6H3,(H,27,30)/t17-/m1/s1. The predicted molar refractivity (Wildman–Crippen MR) is 121 cm³/mol. The number of nitrogens with one attached hydrogen (secondary N) is 1. The van der Waals surface area contributed by atoms with Gasteiger partial charge in [-0.15, -0.1) is 0 Å². The number of amides is 2. The molecule has 0 aliphatic rings.